The lowest BCUT2D eigenvalue weighted by Crippen LogP contribution is -2.51. The van der Waals surface area contributed by atoms with Crippen LogP contribution in [0.1, 0.15) is 26.7 Å². The lowest BCUT2D eigenvalue weighted by atomic mass is 9.87. The summed E-state index contributed by atoms with van der Waals surface area (Å²) in [4.78, 5) is 40.6. The molecule has 10 nitrogen and oxygen atoms in total. The molecule has 3 unspecified atom stereocenters. The predicted octanol–water partition coefficient (Wildman–Crippen LogP) is 0.648. The second kappa shape index (κ2) is 9.23. The molecule has 0 aromatic carbocycles. The monoisotopic (exact) mass is 476 g/mol. The first-order valence-electron chi connectivity index (χ1n) is 12.1. The van der Waals surface area contributed by atoms with Crippen molar-refractivity contribution in [2.45, 2.75) is 58.0 Å². The van der Waals surface area contributed by atoms with Gasteiger partial charge in [-0.2, -0.15) is 4.98 Å². The van der Waals surface area contributed by atoms with Crippen LogP contribution < -0.4 is 21.9 Å². The van der Waals surface area contributed by atoms with E-state index in [4.69, 9.17) is 10.7 Å². The first-order valence-corrected chi connectivity index (χ1v) is 12.1. The molecule has 4 heterocycles. The van der Waals surface area contributed by atoms with Crippen LogP contribution in [0, 0.1) is 17.8 Å². The van der Waals surface area contributed by atoms with E-state index in [9.17, 15) is 9.59 Å². The van der Waals surface area contributed by atoms with Crippen molar-refractivity contribution in [3.05, 3.63) is 45.1 Å². The Labute approximate surface area is 204 Å². The lowest BCUT2D eigenvalue weighted by Gasteiger charge is -2.39. The summed E-state index contributed by atoms with van der Waals surface area (Å²) in [6, 6.07) is 0.203. The number of hydrogen-bond donors (Lipinski definition) is 1. The maximum atomic E-state index is 13.8. The maximum Gasteiger partial charge on any atom is 0.333 e. The van der Waals surface area contributed by atoms with Crippen molar-refractivity contribution in [2.24, 2.45) is 23.7 Å². The number of fused-ring (bicyclic) bond motifs is 2. The van der Waals surface area contributed by atoms with E-state index in [0.717, 1.165) is 19.4 Å². The van der Waals surface area contributed by atoms with Gasteiger partial charge in [-0.3, -0.25) is 18.9 Å². The average molecular weight is 477 g/mol. The molecule has 2 N–H and O–H groups in total. The summed E-state index contributed by atoms with van der Waals surface area (Å²) in [7, 11) is 1.66. The smallest absolute Gasteiger partial charge is 0.333 e. The first-order chi connectivity index (χ1) is 16.9. The molecular weight excluding hydrogens is 444 g/mol. The van der Waals surface area contributed by atoms with E-state index in [2.05, 4.69) is 40.8 Å². The van der Waals surface area contributed by atoms with Gasteiger partial charge in [0.1, 0.15) is 6.67 Å². The molecule has 0 radical (unpaired) electrons. The van der Waals surface area contributed by atoms with Gasteiger partial charge in [-0.1, -0.05) is 30.2 Å². The van der Waals surface area contributed by atoms with Gasteiger partial charge in [0.2, 0.25) is 5.95 Å². The number of anilines is 1. The molecule has 3 aliphatic rings. The van der Waals surface area contributed by atoms with Crippen LogP contribution in [0.3, 0.4) is 0 Å². The molecule has 2 aromatic rings. The van der Waals surface area contributed by atoms with Crippen molar-refractivity contribution in [1.82, 2.24) is 23.6 Å². The Morgan fingerprint density at radius 1 is 1.20 bits per heavy atom. The molecule has 2 aromatic heterocycles. The summed E-state index contributed by atoms with van der Waals surface area (Å²) in [6.45, 7) is 5.70. The van der Waals surface area contributed by atoms with Gasteiger partial charge >= 0.3 is 5.69 Å². The molecule has 1 saturated heterocycles. The van der Waals surface area contributed by atoms with E-state index in [1.54, 1.807) is 20.3 Å². The van der Waals surface area contributed by atoms with Gasteiger partial charge < -0.3 is 15.5 Å². The minimum Gasteiger partial charge on any atom is -0.341 e. The number of allylic oxidation sites excluding steroid dienone is 2. The fourth-order valence-corrected chi connectivity index (χ4v) is 5.28. The Balaban J connectivity index is 1.63. The molecule has 1 fully saturated rings. The fraction of sp³-hybridized carbons (Fsp3) is 0.520. The molecule has 0 bridgehead atoms. The number of imidazole rings is 1. The van der Waals surface area contributed by atoms with E-state index < -0.39 is 5.69 Å². The van der Waals surface area contributed by atoms with Gasteiger partial charge in [0, 0.05) is 32.1 Å². The second-order valence-electron chi connectivity index (χ2n) is 9.52. The van der Waals surface area contributed by atoms with Gasteiger partial charge in [-0.15, -0.1) is 5.92 Å². The van der Waals surface area contributed by atoms with E-state index in [-0.39, 0.29) is 36.3 Å². The van der Waals surface area contributed by atoms with Gasteiger partial charge in [0.15, 0.2) is 11.2 Å². The molecular formula is C25H32N8O2. The maximum absolute atomic E-state index is 13.8. The molecule has 5 rings (SSSR count). The summed E-state index contributed by atoms with van der Waals surface area (Å²) in [5.74, 6) is 6.80. The first kappa shape index (κ1) is 23.2. The second-order valence-corrected chi connectivity index (χ2v) is 9.52. The number of hydrogen-bond acceptors (Lipinski definition) is 7. The Hall–Kier alpha value is -3.58. The van der Waals surface area contributed by atoms with Crippen LogP contribution in [0.15, 0.2) is 38.9 Å². The minimum atomic E-state index is -0.408. The largest absolute Gasteiger partial charge is 0.341 e. The van der Waals surface area contributed by atoms with Gasteiger partial charge in [0.05, 0.1) is 25.0 Å². The Kier molecular flexibility index (Phi) is 6.11. The summed E-state index contributed by atoms with van der Waals surface area (Å²) in [6.07, 6.45) is 11.9. The molecule has 4 atom stereocenters. The number of rotatable bonds is 4. The Bertz CT molecular complexity index is 1400. The van der Waals surface area contributed by atoms with E-state index >= 15 is 0 Å². The average Bonchev–Trinajstić information content (AvgIpc) is 3.25. The van der Waals surface area contributed by atoms with Crippen LogP contribution in [0.25, 0.3) is 11.2 Å². The van der Waals surface area contributed by atoms with Crippen molar-refractivity contribution < 1.29 is 0 Å². The van der Waals surface area contributed by atoms with Crippen LogP contribution >= 0.6 is 0 Å². The third-order valence-corrected chi connectivity index (χ3v) is 7.21. The molecule has 0 amide bonds. The number of piperidine rings is 1. The zero-order valence-electron chi connectivity index (χ0n) is 20.5. The zero-order chi connectivity index (χ0) is 24.7. The number of nitrogens with two attached hydrogens (primary N) is 1. The molecule has 2 aliphatic heterocycles. The third-order valence-electron chi connectivity index (χ3n) is 7.21. The SMILES string of the molecule is CC#CCn1c(N2CCC[C@@H](N)C2)nc2c1c(=O)n(CN1C=NC(C)C3C=CC=CC31)c(=O)n2C. The zero-order valence-corrected chi connectivity index (χ0v) is 20.5. The molecule has 35 heavy (non-hydrogen) atoms. The Morgan fingerprint density at radius 2 is 2.00 bits per heavy atom. The number of aryl methyl sites for hydroxylation is 1. The Morgan fingerprint density at radius 3 is 2.77 bits per heavy atom. The van der Waals surface area contributed by atoms with Crippen molar-refractivity contribution in [1.29, 1.82) is 0 Å². The van der Waals surface area contributed by atoms with Crippen LogP contribution in [0.4, 0.5) is 5.95 Å². The van der Waals surface area contributed by atoms with E-state index in [0.29, 0.717) is 30.2 Å². The van der Waals surface area contributed by atoms with Crippen LogP contribution in [0.2, 0.25) is 0 Å². The molecule has 184 valence electrons. The predicted molar refractivity (Wildman–Crippen MR) is 137 cm³/mol. The van der Waals surface area contributed by atoms with Crippen molar-refractivity contribution in [3.8, 4) is 11.8 Å². The number of nitrogens with zero attached hydrogens (tertiary/aromatic N) is 7. The highest BCUT2D eigenvalue weighted by atomic mass is 16.2. The van der Waals surface area contributed by atoms with Crippen molar-refractivity contribution in [3.63, 3.8) is 0 Å². The van der Waals surface area contributed by atoms with Crippen LogP contribution in [-0.4, -0.2) is 61.1 Å². The minimum absolute atomic E-state index is 0.0288. The van der Waals surface area contributed by atoms with Gasteiger partial charge in [-0.05, 0) is 26.7 Å². The highest BCUT2D eigenvalue weighted by Crippen LogP contribution is 2.27. The van der Waals surface area contributed by atoms with Crippen molar-refractivity contribution in [2.75, 3.05) is 18.0 Å². The molecule has 0 spiro atoms. The molecule has 0 saturated carbocycles. The van der Waals surface area contributed by atoms with Crippen molar-refractivity contribution >= 4 is 23.5 Å². The topological polar surface area (TPSA) is 107 Å². The summed E-state index contributed by atoms with van der Waals surface area (Å²) in [5.41, 5.74) is 6.18. The van der Waals surface area contributed by atoms with E-state index in [1.165, 1.54) is 9.13 Å². The quantitative estimate of drug-likeness (QED) is 0.650. The van der Waals surface area contributed by atoms with Gasteiger partial charge in [-0.25, -0.2) is 9.36 Å². The van der Waals surface area contributed by atoms with Crippen LogP contribution in [0.5, 0.6) is 0 Å². The summed E-state index contributed by atoms with van der Waals surface area (Å²) in [5, 5.41) is 0. The standard InChI is InChI=1S/C25H32N8O2/c1-4-5-13-32-21-22(28-24(32)30-12-8-9-18(26)14-30)29(3)25(35)33(23(21)34)16-31-15-27-17(2)19-10-6-7-11-20(19)31/h6-7,10-11,15,17-20H,8-9,12-14,16,26H2,1-3H3/t17?,18-,19?,20?/m1/s1. The van der Waals surface area contributed by atoms with Crippen LogP contribution in [-0.2, 0) is 20.3 Å². The summed E-state index contributed by atoms with van der Waals surface area (Å²) < 4.78 is 4.56. The number of aromatic nitrogens is 4. The number of aliphatic imine (C=N–C) groups is 1. The third kappa shape index (κ3) is 4.00. The highest BCUT2D eigenvalue weighted by molar-refractivity contribution is 5.75. The van der Waals surface area contributed by atoms with Gasteiger partial charge in [0.25, 0.3) is 5.56 Å². The molecule has 1 aliphatic carbocycles. The lowest BCUT2D eigenvalue weighted by molar-refractivity contribution is 0.217. The summed E-state index contributed by atoms with van der Waals surface area (Å²) >= 11 is 0. The normalized spacial score (nSPS) is 25.6. The highest BCUT2D eigenvalue weighted by Gasteiger charge is 2.32. The fourth-order valence-electron chi connectivity index (χ4n) is 5.28. The molecule has 10 heteroatoms. The van der Waals surface area contributed by atoms with E-state index in [1.807, 2.05) is 21.6 Å².